The van der Waals surface area contributed by atoms with E-state index in [1.807, 2.05) is 53.1 Å². The molecule has 226 valence electrons. The van der Waals surface area contributed by atoms with Gasteiger partial charge in [0.05, 0.1) is 13.2 Å². The highest BCUT2D eigenvalue weighted by Crippen LogP contribution is 2.27. The summed E-state index contributed by atoms with van der Waals surface area (Å²) >= 11 is 0. The molecule has 1 aliphatic heterocycles. The molecule has 2 heterocycles. The largest absolute Gasteiger partial charge is 0.353 e. The Hall–Kier alpha value is -1.85. The predicted octanol–water partition coefficient (Wildman–Crippen LogP) is 10.5. The Kier molecular flexibility index (Phi) is 26.2. The van der Waals surface area contributed by atoms with Crippen LogP contribution in [0.4, 0.5) is 4.39 Å². The normalized spacial score (nSPS) is 21.3. The first kappa shape index (κ1) is 43.2. The summed E-state index contributed by atoms with van der Waals surface area (Å²) in [5, 5.41) is 0. The molecule has 1 aromatic heterocycles. The van der Waals surface area contributed by atoms with Crippen molar-refractivity contribution in [2.45, 2.75) is 124 Å². The van der Waals surface area contributed by atoms with Gasteiger partial charge in [-0.1, -0.05) is 82.2 Å². The second kappa shape index (κ2) is 23.1. The van der Waals surface area contributed by atoms with Crippen LogP contribution >= 0.6 is 0 Å². The van der Waals surface area contributed by atoms with Crippen LogP contribution in [0, 0.1) is 58.2 Å². The first-order valence-corrected chi connectivity index (χ1v) is 12.7. The molecule has 1 saturated carbocycles. The third kappa shape index (κ3) is 19.3. The Labute approximate surface area is 238 Å². The zero-order chi connectivity index (χ0) is 25.7. The number of nitrogens with zero attached hydrogens (tertiary/aromatic N) is 2. The van der Waals surface area contributed by atoms with Crippen molar-refractivity contribution in [3.8, 4) is 0 Å². The van der Waals surface area contributed by atoms with Crippen LogP contribution in [-0.2, 0) is 9.47 Å². The predicted molar refractivity (Wildman–Crippen MR) is 168 cm³/mol. The molecule has 0 spiro atoms. The number of hydrogen-bond donors (Lipinski definition) is 0. The minimum absolute atomic E-state index is 0. The van der Waals surface area contributed by atoms with E-state index in [2.05, 4.69) is 30.7 Å². The fraction of sp³-hybridized carbons (Fsp3) is 0.697. The van der Waals surface area contributed by atoms with Crippen LogP contribution < -0.4 is 0 Å². The zero-order valence-electron chi connectivity index (χ0n) is 23.0. The molecule has 0 atom stereocenters. The van der Waals surface area contributed by atoms with E-state index in [-0.39, 0.29) is 43.2 Å². The molecule has 0 unspecified atom stereocenters. The van der Waals surface area contributed by atoms with Crippen LogP contribution in [0.5, 0.6) is 0 Å². The maximum absolute atomic E-state index is 12.8. The minimum atomic E-state index is -0.0995. The van der Waals surface area contributed by atoms with E-state index < -0.39 is 0 Å². The lowest BCUT2D eigenvalue weighted by Gasteiger charge is -2.24. The second-order valence-electron chi connectivity index (χ2n) is 10.2. The maximum Gasteiger partial charge on any atom is 0.154 e. The Morgan fingerprint density at radius 2 is 1.11 bits per heavy atom. The van der Waals surface area contributed by atoms with Gasteiger partial charge in [0.15, 0.2) is 6.29 Å². The molecule has 0 amide bonds. The molecule has 0 radical (unpaired) electrons. The number of hydrogen-bond acceptors (Lipinski definition) is 4. The van der Waals surface area contributed by atoms with Crippen LogP contribution in [-0.4, -0.2) is 29.5 Å². The molecule has 1 aromatic carbocycles. The lowest BCUT2D eigenvalue weighted by Crippen LogP contribution is -2.27. The number of halogens is 1. The first-order valence-electron chi connectivity index (χ1n) is 12.7. The standard InChI is InChI=1S/C9H11F.C8H16.C6H8N2.C6H12O2.4CH4.H2/c1-6-4-7(2)8(3)9(10)5-6;1-7-3-5-8(2)6-4-7;2*1-5-3-7-6(2)8-4-5;;;;;/h4-5H,1-3H3;7-8H,3-6H2,1-2H3;3-4H,1-2H3;5-6H,3-4H2,1-2H3;4*1H4;1H. The van der Waals surface area contributed by atoms with Crippen LogP contribution in [0.2, 0.25) is 0 Å². The number of ether oxygens (including phenoxy) is 2. The molecule has 1 saturated heterocycles. The van der Waals surface area contributed by atoms with Crippen molar-refractivity contribution in [1.29, 1.82) is 0 Å². The van der Waals surface area contributed by atoms with Crippen molar-refractivity contribution < 1.29 is 15.3 Å². The van der Waals surface area contributed by atoms with Crippen molar-refractivity contribution in [3.63, 3.8) is 0 Å². The van der Waals surface area contributed by atoms with Crippen molar-refractivity contribution in [2.75, 3.05) is 13.2 Å². The average molecular weight is 541 g/mol. The molecule has 2 fully saturated rings. The molecular weight excluding hydrogens is 475 g/mol. The van der Waals surface area contributed by atoms with Gasteiger partial charge in [-0.3, -0.25) is 0 Å². The van der Waals surface area contributed by atoms with E-state index in [1.165, 1.54) is 25.7 Å². The monoisotopic (exact) mass is 541 g/mol. The summed E-state index contributed by atoms with van der Waals surface area (Å²) in [7, 11) is 0. The van der Waals surface area contributed by atoms with E-state index in [1.54, 1.807) is 13.0 Å². The van der Waals surface area contributed by atoms with E-state index in [4.69, 9.17) is 9.47 Å². The van der Waals surface area contributed by atoms with E-state index in [9.17, 15) is 4.39 Å². The number of aryl methyl sites for hydroxylation is 4. The fourth-order valence-corrected chi connectivity index (χ4v) is 3.57. The second-order valence-corrected chi connectivity index (χ2v) is 10.2. The molecule has 2 aromatic rings. The molecule has 1 aliphatic carbocycles. The number of rotatable bonds is 0. The summed E-state index contributed by atoms with van der Waals surface area (Å²) in [5.74, 6) is 3.34. The lowest BCUT2D eigenvalue weighted by molar-refractivity contribution is -0.187. The molecular formula is C33H65FN2O2. The average Bonchev–Trinajstić information content (AvgIpc) is 2.79. The zero-order valence-corrected chi connectivity index (χ0v) is 23.0. The Morgan fingerprint density at radius 1 is 0.684 bits per heavy atom. The summed E-state index contributed by atoms with van der Waals surface area (Å²) in [6, 6.07) is 3.54. The quantitative estimate of drug-likeness (QED) is 0.333. The number of aromatic nitrogens is 2. The molecule has 0 bridgehead atoms. The van der Waals surface area contributed by atoms with Gasteiger partial charge in [0.1, 0.15) is 11.6 Å². The summed E-state index contributed by atoms with van der Waals surface area (Å²) < 4.78 is 23.2. The first-order chi connectivity index (χ1) is 16.0. The van der Waals surface area contributed by atoms with Crippen molar-refractivity contribution >= 4 is 0 Å². The Morgan fingerprint density at radius 3 is 1.45 bits per heavy atom. The topological polar surface area (TPSA) is 44.2 Å². The molecule has 38 heavy (non-hydrogen) atoms. The Balaban J connectivity index is -0.000000127. The van der Waals surface area contributed by atoms with E-state index in [0.29, 0.717) is 5.92 Å². The van der Waals surface area contributed by atoms with Crippen LogP contribution in [0.3, 0.4) is 0 Å². The summed E-state index contributed by atoms with van der Waals surface area (Å²) in [6.45, 7) is 19.9. The molecule has 4 nitrogen and oxygen atoms in total. The minimum Gasteiger partial charge on any atom is -0.353 e. The van der Waals surface area contributed by atoms with E-state index >= 15 is 0 Å². The van der Waals surface area contributed by atoms with Crippen molar-refractivity contribution in [3.05, 3.63) is 58.4 Å². The van der Waals surface area contributed by atoms with Gasteiger partial charge >= 0.3 is 0 Å². The summed E-state index contributed by atoms with van der Waals surface area (Å²) in [6.07, 6.45) is 9.53. The van der Waals surface area contributed by atoms with Crippen molar-refractivity contribution in [1.82, 2.24) is 9.97 Å². The third-order valence-corrected chi connectivity index (χ3v) is 6.19. The highest BCUT2D eigenvalue weighted by Gasteiger charge is 2.14. The van der Waals surface area contributed by atoms with E-state index in [0.717, 1.165) is 53.1 Å². The van der Waals surface area contributed by atoms with Crippen LogP contribution in [0.1, 0.15) is 113 Å². The van der Waals surface area contributed by atoms with Gasteiger partial charge in [0, 0.05) is 19.7 Å². The van der Waals surface area contributed by atoms with Gasteiger partial charge in [-0.2, -0.15) is 0 Å². The van der Waals surface area contributed by atoms with Gasteiger partial charge < -0.3 is 9.47 Å². The highest BCUT2D eigenvalue weighted by atomic mass is 19.1. The summed E-state index contributed by atoms with van der Waals surface area (Å²) in [5.41, 5.74) is 3.87. The lowest BCUT2D eigenvalue weighted by atomic mass is 9.84. The number of benzene rings is 1. The highest BCUT2D eigenvalue weighted by molar-refractivity contribution is 5.30. The van der Waals surface area contributed by atoms with Gasteiger partial charge in [-0.05, 0) is 81.7 Å². The Bertz CT molecular complexity index is 733. The van der Waals surface area contributed by atoms with Gasteiger partial charge in [-0.15, -0.1) is 0 Å². The molecule has 0 N–H and O–H groups in total. The van der Waals surface area contributed by atoms with Gasteiger partial charge in [-0.25, -0.2) is 14.4 Å². The van der Waals surface area contributed by atoms with Crippen LogP contribution in [0.15, 0.2) is 24.5 Å². The van der Waals surface area contributed by atoms with Gasteiger partial charge in [0.2, 0.25) is 0 Å². The maximum atomic E-state index is 12.8. The summed E-state index contributed by atoms with van der Waals surface area (Å²) in [4.78, 5) is 7.94. The van der Waals surface area contributed by atoms with Gasteiger partial charge in [0.25, 0.3) is 0 Å². The molecule has 2 aliphatic rings. The van der Waals surface area contributed by atoms with Crippen LogP contribution in [0.25, 0.3) is 0 Å². The smallest absolute Gasteiger partial charge is 0.154 e. The fourth-order valence-electron chi connectivity index (χ4n) is 3.57. The van der Waals surface area contributed by atoms with Crippen molar-refractivity contribution in [2.24, 2.45) is 17.8 Å². The molecule has 4 rings (SSSR count). The SMILES string of the molecule is C.C.C.C.CC1CCC(C)CC1.CC1COC(C)OC1.Cc1cc(C)c(C)c(F)c1.Cc1cnc(C)nc1.[HH]. The third-order valence-electron chi connectivity index (χ3n) is 6.19. The molecule has 5 heteroatoms.